The summed E-state index contributed by atoms with van der Waals surface area (Å²) in [6.07, 6.45) is 0. The monoisotopic (exact) mass is 366 g/mol. The predicted molar refractivity (Wildman–Crippen MR) is 104 cm³/mol. The van der Waals surface area contributed by atoms with E-state index in [0.29, 0.717) is 5.69 Å². The maximum atomic E-state index is 12.8. The lowest BCUT2D eigenvalue weighted by molar-refractivity contribution is 0.0622. The van der Waals surface area contributed by atoms with Gasteiger partial charge in [-0.2, -0.15) is 5.10 Å². The van der Waals surface area contributed by atoms with Crippen molar-refractivity contribution in [1.29, 1.82) is 0 Å². The number of aryl methyl sites for hydroxylation is 1. The Morgan fingerprint density at radius 1 is 1.08 bits per heavy atom. The van der Waals surface area contributed by atoms with E-state index < -0.39 is 0 Å². The third-order valence-corrected chi connectivity index (χ3v) is 5.67. The van der Waals surface area contributed by atoms with Crippen LogP contribution in [0.5, 0.6) is 0 Å². The number of nitrogens with zero attached hydrogens (tertiary/aromatic N) is 4. The number of aromatic nitrogens is 2. The number of thiophene rings is 1. The van der Waals surface area contributed by atoms with Crippen LogP contribution >= 0.6 is 11.3 Å². The second kappa shape index (κ2) is 7.43. The van der Waals surface area contributed by atoms with Crippen LogP contribution in [0.15, 0.2) is 53.9 Å². The molecule has 0 bridgehead atoms. The third kappa shape index (κ3) is 3.57. The Morgan fingerprint density at radius 3 is 2.54 bits per heavy atom. The zero-order valence-corrected chi connectivity index (χ0v) is 15.7. The molecule has 1 amide bonds. The Kier molecular flexibility index (Phi) is 4.86. The van der Waals surface area contributed by atoms with Gasteiger partial charge in [0.25, 0.3) is 5.91 Å². The number of amides is 1. The number of rotatable bonds is 4. The second-order valence-electron chi connectivity index (χ2n) is 6.57. The summed E-state index contributed by atoms with van der Waals surface area (Å²) < 4.78 is 1.80. The summed E-state index contributed by atoms with van der Waals surface area (Å²) in [4.78, 5) is 18.3. The minimum Gasteiger partial charge on any atom is -0.335 e. The van der Waals surface area contributed by atoms with E-state index in [1.807, 2.05) is 35.5 Å². The van der Waals surface area contributed by atoms with Crippen LogP contribution in [0.3, 0.4) is 0 Å². The fraction of sp³-hybridized carbons (Fsp3) is 0.300. The van der Waals surface area contributed by atoms with Gasteiger partial charge in [0.1, 0.15) is 0 Å². The van der Waals surface area contributed by atoms with Crippen molar-refractivity contribution in [1.82, 2.24) is 19.6 Å². The first-order valence-electron chi connectivity index (χ1n) is 8.84. The van der Waals surface area contributed by atoms with Gasteiger partial charge in [-0.25, -0.2) is 0 Å². The van der Waals surface area contributed by atoms with E-state index in [9.17, 15) is 4.79 Å². The third-order valence-electron chi connectivity index (χ3n) is 4.78. The predicted octanol–water partition coefficient (Wildman–Crippen LogP) is 3.11. The highest BCUT2D eigenvalue weighted by molar-refractivity contribution is 7.13. The molecule has 0 atom stereocenters. The molecule has 3 aromatic rings. The molecular weight excluding hydrogens is 344 g/mol. The zero-order valence-electron chi connectivity index (χ0n) is 14.8. The minimum atomic E-state index is 0.0303. The van der Waals surface area contributed by atoms with Crippen molar-refractivity contribution in [3.05, 3.63) is 65.2 Å². The molecule has 1 aliphatic heterocycles. The molecule has 2 aromatic heterocycles. The highest BCUT2D eigenvalue weighted by Crippen LogP contribution is 2.25. The van der Waals surface area contributed by atoms with E-state index in [4.69, 9.17) is 0 Å². The summed E-state index contributed by atoms with van der Waals surface area (Å²) in [5, 5.41) is 6.48. The maximum Gasteiger partial charge on any atom is 0.274 e. The van der Waals surface area contributed by atoms with Crippen molar-refractivity contribution in [3.8, 4) is 10.6 Å². The van der Waals surface area contributed by atoms with Gasteiger partial charge in [-0.1, -0.05) is 36.4 Å². The fourth-order valence-electron chi connectivity index (χ4n) is 3.34. The van der Waals surface area contributed by atoms with Crippen molar-refractivity contribution in [2.24, 2.45) is 7.05 Å². The first-order chi connectivity index (χ1) is 12.7. The van der Waals surface area contributed by atoms with Crippen LogP contribution < -0.4 is 0 Å². The molecule has 1 aliphatic rings. The van der Waals surface area contributed by atoms with Gasteiger partial charge in [-0.05, 0) is 23.1 Å². The number of carbonyl (C=O) groups excluding carboxylic acids is 1. The van der Waals surface area contributed by atoms with E-state index >= 15 is 0 Å². The highest BCUT2D eigenvalue weighted by Gasteiger charge is 2.24. The van der Waals surface area contributed by atoms with Crippen LogP contribution in [0.25, 0.3) is 10.6 Å². The first-order valence-corrected chi connectivity index (χ1v) is 9.72. The summed E-state index contributed by atoms with van der Waals surface area (Å²) in [6.45, 7) is 4.22. The molecule has 0 N–H and O–H groups in total. The normalized spacial score (nSPS) is 15.3. The second-order valence-corrected chi connectivity index (χ2v) is 7.52. The summed E-state index contributed by atoms with van der Waals surface area (Å²) in [7, 11) is 1.89. The quantitative estimate of drug-likeness (QED) is 0.712. The van der Waals surface area contributed by atoms with Gasteiger partial charge in [0, 0.05) is 39.8 Å². The van der Waals surface area contributed by atoms with Crippen LogP contribution in [-0.2, 0) is 13.6 Å². The van der Waals surface area contributed by atoms with E-state index in [-0.39, 0.29) is 5.91 Å². The number of hydrogen-bond donors (Lipinski definition) is 0. The average Bonchev–Trinajstić information content (AvgIpc) is 3.32. The first kappa shape index (κ1) is 17.0. The largest absolute Gasteiger partial charge is 0.335 e. The Bertz CT molecular complexity index is 865. The van der Waals surface area contributed by atoms with Gasteiger partial charge in [-0.15, -0.1) is 11.3 Å². The highest BCUT2D eigenvalue weighted by atomic mass is 32.1. The molecule has 6 heteroatoms. The molecule has 1 aromatic carbocycles. The number of hydrogen-bond acceptors (Lipinski definition) is 4. The molecular formula is C20H22N4OS. The van der Waals surface area contributed by atoms with Crippen molar-refractivity contribution < 1.29 is 4.79 Å². The molecule has 4 rings (SSSR count). The molecule has 1 fully saturated rings. The molecule has 3 heterocycles. The van der Waals surface area contributed by atoms with Gasteiger partial charge in [-0.3, -0.25) is 14.4 Å². The van der Waals surface area contributed by atoms with Crippen LogP contribution in [-0.4, -0.2) is 51.7 Å². The fourth-order valence-corrected chi connectivity index (χ4v) is 4.11. The van der Waals surface area contributed by atoms with E-state index in [1.165, 1.54) is 5.56 Å². The molecule has 0 saturated carbocycles. The van der Waals surface area contributed by atoms with Gasteiger partial charge < -0.3 is 4.90 Å². The molecule has 0 radical (unpaired) electrons. The van der Waals surface area contributed by atoms with Gasteiger partial charge in [0.15, 0.2) is 5.69 Å². The standard InChI is InChI=1S/C20H22N4OS/c1-22-18(19-8-5-13-26-19)14-17(21-22)20(25)24-11-9-23(10-12-24)15-16-6-3-2-4-7-16/h2-8,13-14H,9-12,15H2,1H3. The summed E-state index contributed by atoms with van der Waals surface area (Å²) >= 11 is 1.66. The smallest absolute Gasteiger partial charge is 0.274 e. The Morgan fingerprint density at radius 2 is 1.85 bits per heavy atom. The lowest BCUT2D eigenvalue weighted by Crippen LogP contribution is -2.48. The SMILES string of the molecule is Cn1nc(C(=O)N2CCN(Cc3ccccc3)CC2)cc1-c1cccs1. The lowest BCUT2D eigenvalue weighted by Gasteiger charge is -2.34. The molecule has 0 unspecified atom stereocenters. The molecule has 0 spiro atoms. The minimum absolute atomic E-state index is 0.0303. The van der Waals surface area contributed by atoms with Crippen LogP contribution in [0.4, 0.5) is 0 Å². The van der Waals surface area contributed by atoms with Crippen molar-refractivity contribution in [2.75, 3.05) is 26.2 Å². The van der Waals surface area contributed by atoms with Gasteiger partial charge in [0.2, 0.25) is 0 Å². The maximum absolute atomic E-state index is 12.8. The molecule has 134 valence electrons. The molecule has 26 heavy (non-hydrogen) atoms. The number of carbonyl (C=O) groups is 1. The van der Waals surface area contributed by atoms with Crippen LogP contribution in [0, 0.1) is 0 Å². The van der Waals surface area contributed by atoms with Gasteiger partial charge in [0.05, 0.1) is 10.6 Å². The lowest BCUT2D eigenvalue weighted by atomic mass is 10.2. The van der Waals surface area contributed by atoms with E-state index in [2.05, 4.69) is 40.3 Å². The molecule has 0 aliphatic carbocycles. The summed E-state index contributed by atoms with van der Waals surface area (Å²) in [5.41, 5.74) is 2.84. The summed E-state index contributed by atoms with van der Waals surface area (Å²) in [6, 6.07) is 16.5. The average molecular weight is 366 g/mol. The van der Waals surface area contributed by atoms with Crippen LogP contribution in [0.2, 0.25) is 0 Å². The Hall–Kier alpha value is -2.44. The van der Waals surface area contributed by atoms with Crippen molar-refractivity contribution >= 4 is 17.2 Å². The van der Waals surface area contributed by atoms with Crippen molar-refractivity contribution in [2.45, 2.75) is 6.54 Å². The zero-order chi connectivity index (χ0) is 17.9. The van der Waals surface area contributed by atoms with Gasteiger partial charge >= 0.3 is 0 Å². The molecule has 1 saturated heterocycles. The van der Waals surface area contributed by atoms with Crippen molar-refractivity contribution in [3.63, 3.8) is 0 Å². The number of benzene rings is 1. The number of piperazine rings is 1. The Balaban J connectivity index is 1.39. The topological polar surface area (TPSA) is 41.4 Å². The Labute approximate surface area is 157 Å². The summed E-state index contributed by atoms with van der Waals surface area (Å²) in [5.74, 6) is 0.0303. The van der Waals surface area contributed by atoms with E-state index in [0.717, 1.165) is 43.3 Å². The molecule has 5 nitrogen and oxygen atoms in total. The van der Waals surface area contributed by atoms with Crippen LogP contribution in [0.1, 0.15) is 16.1 Å². The van der Waals surface area contributed by atoms with E-state index in [1.54, 1.807) is 16.0 Å².